The molecule has 6 heteroatoms. The van der Waals surface area contributed by atoms with Gasteiger partial charge in [0, 0.05) is 3.57 Å². The highest BCUT2D eigenvalue weighted by atomic mass is 127. The monoisotopic (exact) mass is 316 g/mol. The van der Waals surface area contributed by atoms with E-state index in [0.29, 0.717) is 0 Å². The molecule has 0 N–H and O–H groups in total. The lowest BCUT2D eigenvalue weighted by Gasteiger charge is -2.02. The average molecular weight is 316 g/mol. The molecular formula is C7H6FIO3S. The summed E-state index contributed by atoms with van der Waals surface area (Å²) in [4.78, 5) is 0. The molecule has 0 saturated heterocycles. The summed E-state index contributed by atoms with van der Waals surface area (Å²) in [5, 5.41) is 0. The van der Waals surface area contributed by atoms with E-state index in [2.05, 4.69) is 26.8 Å². The highest BCUT2D eigenvalue weighted by Gasteiger charge is 2.10. The van der Waals surface area contributed by atoms with Crippen LogP contribution in [0.4, 0.5) is 4.39 Å². The molecule has 0 radical (unpaired) electrons. The van der Waals surface area contributed by atoms with Crippen LogP contribution in [0, 0.1) is 3.57 Å². The van der Waals surface area contributed by atoms with Crippen LogP contribution in [0.25, 0.3) is 0 Å². The molecule has 3 nitrogen and oxygen atoms in total. The molecule has 0 heterocycles. The molecule has 1 rings (SSSR count). The molecule has 0 saturated carbocycles. The van der Waals surface area contributed by atoms with E-state index in [1.807, 2.05) is 0 Å². The Balaban J connectivity index is 2.82. The highest BCUT2D eigenvalue weighted by molar-refractivity contribution is 14.1. The first-order valence-corrected chi connectivity index (χ1v) is 5.93. The van der Waals surface area contributed by atoms with Gasteiger partial charge in [-0.05, 0) is 46.9 Å². The van der Waals surface area contributed by atoms with Gasteiger partial charge < -0.3 is 4.18 Å². The minimum Gasteiger partial charge on any atom is -0.381 e. The van der Waals surface area contributed by atoms with Crippen LogP contribution in [0.1, 0.15) is 0 Å². The van der Waals surface area contributed by atoms with Crippen molar-refractivity contribution in [1.82, 2.24) is 0 Å². The van der Waals surface area contributed by atoms with E-state index in [1.165, 1.54) is 12.1 Å². The normalized spacial score (nSPS) is 11.2. The number of rotatable bonds is 3. The second kappa shape index (κ2) is 4.23. The van der Waals surface area contributed by atoms with Gasteiger partial charge in [0.15, 0.2) is 0 Å². The van der Waals surface area contributed by atoms with Gasteiger partial charge in [0.25, 0.3) is 0 Å². The third-order valence-corrected chi connectivity index (χ3v) is 2.60. The minimum absolute atomic E-state index is 0.123. The summed E-state index contributed by atoms with van der Waals surface area (Å²) < 4.78 is 38.5. The van der Waals surface area contributed by atoms with Gasteiger partial charge in [0.05, 0.1) is 0 Å². The Morgan fingerprint density at radius 3 is 2.31 bits per heavy atom. The lowest BCUT2D eigenvalue weighted by Crippen LogP contribution is -2.10. The van der Waals surface area contributed by atoms with Crippen LogP contribution in [0.2, 0.25) is 0 Å². The number of halogens is 2. The Kier molecular flexibility index (Phi) is 3.48. The topological polar surface area (TPSA) is 43.4 Å². The summed E-state index contributed by atoms with van der Waals surface area (Å²) in [6, 6.07) is 4.76. The van der Waals surface area contributed by atoms with E-state index in [-0.39, 0.29) is 5.75 Å². The lowest BCUT2D eigenvalue weighted by atomic mass is 10.3. The molecule has 0 aliphatic carbocycles. The largest absolute Gasteiger partial charge is 0.381 e. The third-order valence-electron chi connectivity index (χ3n) is 1.17. The number of hydrogen-bond donors (Lipinski definition) is 0. The molecule has 1 aromatic rings. The Hall–Kier alpha value is -0.370. The molecule has 0 aromatic heterocycles. The zero-order valence-electron chi connectivity index (χ0n) is 6.41. The maximum Gasteiger partial charge on any atom is 0.339 e. The van der Waals surface area contributed by atoms with Gasteiger partial charge in [-0.15, -0.1) is 0 Å². The molecule has 0 bridgehead atoms. The van der Waals surface area contributed by atoms with Gasteiger partial charge in [0.2, 0.25) is 6.01 Å². The van der Waals surface area contributed by atoms with Gasteiger partial charge in [-0.25, -0.2) is 4.39 Å². The summed E-state index contributed by atoms with van der Waals surface area (Å²) in [5.74, 6) is 0.123. The van der Waals surface area contributed by atoms with Crippen molar-refractivity contribution in [3.05, 3.63) is 27.8 Å². The molecule has 13 heavy (non-hydrogen) atoms. The second-order valence-electron chi connectivity index (χ2n) is 2.20. The smallest absolute Gasteiger partial charge is 0.339 e. The standard InChI is InChI=1S/C7H6FIO3S/c8-5-13(10,11)12-7-3-1-6(9)2-4-7/h1-4H,5H2. The van der Waals surface area contributed by atoms with Crippen molar-refractivity contribution in [2.24, 2.45) is 0 Å². The Morgan fingerprint density at radius 1 is 1.31 bits per heavy atom. The first-order chi connectivity index (χ1) is 6.03. The molecule has 0 aliphatic rings. The van der Waals surface area contributed by atoms with E-state index >= 15 is 0 Å². The first kappa shape index (κ1) is 10.7. The second-order valence-corrected chi connectivity index (χ2v) is 4.95. The average Bonchev–Trinajstić information content (AvgIpc) is 2.09. The van der Waals surface area contributed by atoms with Crippen molar-refractivity contribution >= 4 is 32.7 Å². The molecule has 0 fully saturated rings. The quantitative estimate of drug-likeness (QED) is 0.632. The van der Waals surface area contributed by atoms with Crippen LogP contribution < -0.4 is 4.18 Å². The van der Waals surface area contributed by atoms with Gasteiger partial charge in [-0.3, -0.25) is 0 Å². The van der Waals surface area contributed by atoms with Gasteiger partial charge in [0.1, 0.15) is 5.75 Å². The number of alkyl halides is 1. The fourth-order valence-electron chi connectivity index (χ4n) is 0.659. The Bertz CT molecular complexity index is 373. The maximum atomic E-state index is 11.8. The molecule has 0 unspecified atom stereocenters. The van der Waals surface area contributed by atoms with E-state index in [9.17, 15) is 12.8 Å². The minimum atomic E-state index is -4.05. The zero-order valence-corrected chi connectivity index (χ0v) is 9.38. The number of benzene rings is 1. The van der Waals surface area contributed by atoms with Crippen molar-refractivity contribution in [2.45, 2.75) is 0 Å². The van der Waals surface area contributed by atoms with E-state index in [4.69, 9.17) is 0 Å². The van der Waals surface area contributed by atoms with Crippen molar-refractivity contribution in [3.8, 4) is 5.75 Å². The predicted octanol–water partition coefficient (Wildman–Crippen LogP) is 1.93. The summed E-state index contributed by atoms with van der Waals surface area (Å²) in [6.07, 6.45) is 0. The summed E-state index contributed by atoms with van der Waals surface area (Å²) in [5.41, 5.74) is 0. The number of hydrogen-bond acceptors (Lipinski definition) is 3. The van der Waals surface area contributed by atoms with Crippen LogP contribution >= 0.6 is 22.6 Å². The SMILES string of the molecule is O=S(=O)(CF)Oc1ccc(I)cc1. The van der Waals surface area contributed by atoms with Crippen LogP contribution in [0.3, 0.4) is 0 Å². The Labute approximate surface area is 89.2 Å². The van der Waals surface area contributed by atoms with Crippen LogP contribution in [0.15, 0.2) is 24.3 Å². The van der Waals surface area contributed by atoms with E-state index in [0.717, 1.165) is 3.57 Å². The maximum absolute atomic E-state index is 11.8. The summed E-state index contributed by atoms with van der Waals surface area (Å²) in [6.45, 7) is 0. The van der Waals surface area contributed by atoms with Crippen molar-refractivity contribution in [1.29, 1.82) is 0 Å². The van der Waals surface area contributed by atoms with Crippen molar-refractivity contribution in [3.63, 3.8) is 0 Å². The summed E-state index contributed by atoms with van der Waals surface area (Å²) in [7, 11) is -4.05. The van der Waals surface area contributed by atoms with E-state index < -0.39 is 16.1 Å². The lowest BCUT2D eigenvalue weighted by molar-refractivity contribution is 0.451. The molecule has 0 amide bonds. The van der Waals surface area contributed by atoms with Gasteiger partial charge >= 0.3 is 10.1 Å². The van der Waals surface area contributed by atoms with Crippen LogP contribution in [0.5, 0.6) is 5.75 Å². The molecule has 0 spiro atoms. The Morgan fingerprint density at radius 2 is 1.85 bits per heavy atom. The van der Waals surface area contributed by atoms with Crippen LogP contribution in [-0.2, 0) is 10.1 Å². The molecule has 0 aliphatic heterocycles. The first-order valence-electron chi connectivity index (χ1n) is 3.27. The van der Waals surface area contributed by atoms with Gasteiger partial charge in [-0.2, -0.15) is 8.42 Å². The highest BCUT2D eigenvalue weighted by Crippen LogP contribution is 2.15. The van der Waals surface area contributed by atoms with Gasteiger partial charge in [-0.1, -0.05) is 0 Å². The fraction of sp³-hybridized carbons (Fsp3) is 0.143. The third kappa shape index (κ3) is 3.47. The van der Waals surface area contributed by atoms with Crippen molar-refractivity contribution < 1.29 is 17.0 Å². The zero-order chi connectivity index (χ0) is 9.90. The molecule has 0 atom stereocenters. The molecule has 1 aromatic carbocycles. The fourth-order valence-corrected chi connectivity index (χ4v) is 1.47. The molecule has 72 valence electrons. The molecular weight excluding hydrogens is 310 g/mol. The van der Waals surface area contributed by atoms with E-state index in [1.54, 1.807) is 12.1 Å². The van der Waals surface area contributed by atoms with Crippen LogP contribution in [-0.4, -0.2) is 14.4 Å². The van der Waals surface area contributed by atoms with Crippen molar-refractivity contribution in [2.75, 3.05) is 6.01 Å². The predicted molar refractivity (Wildman–Crippen MR) is 54.7 cm³/mol. The summed E-state index contributed by atoms with van der Waals surface area (Å²) >= 11 is 2.06.